The molecule has 0 aliphatic carbocycles. The highest BCUT2D eigenvalue weighted by atomic mass is 19.1. The Labute approximate surface area is 232 Å². The van der Waals surface area contributed by atoms with Gasteiger partial charge in [0.15, 0.2) is 0 Å². The lowest BCUT2D eigenvalue weighted by atomic mass is 10.00. The molecule has 40 heavy (non-hydrogen) atoms. The van der Waals surface area contributed by atoms with Gasteiger partial charge in [0, 0.05) is 49.4 Å². The van der Waals surface area contributed by atoms with Crippen molar-refractivity contribution in [3.05, 3.63) is 60.0 Å². The third kappa shape index (κ3) is 5.06. The molecular weight excluding hydrogens is 511 g/mol. The second kappa shape index (κ2) is 11.1. The molecule has 4 aromatic rings. The van der Waals surface area contributed by atoms with E-state index in [0.29, 0.717) is 62.5 Å². The SMILES string of the molecule is CCNC(=O)N1CCCOc2cccc(F)c2-c2cc3c(n[nH]c3cn2)-c2ccc(N3CCC(O)CC3)c(c2)C1. The van der Waals surface area contributed by atoms with Crippen LogP contribution in [0.5, 0.6) is 5.75 Å². The Morgan fingerprint density at radius 3 is 2.88 bits per heavy atom. The molecule has 2 aliphatic rings. The summed E-state index contributed by atoms with van der Waals surface area (Å²) in [5, 5.41) is 21.5. The maximum atomic E-state index is 15.1. The van der Waals surface area contributed by atoms with Crippen LogP contribution in [0.1, 0.15) is 31.7 Å². The van der Waals surface area contributed by atoms with Gasteiger partial charge in [-0.05, 0) is 62.1 Å². The quantitative estimate of drug-likeness (QED) is 0.338. The molecule has 0 spiro atoms. The molecule has 0 atom stereocenters. The van der Waals surface area contributed by atoms with E-state index < -0.39 is 5.82 Å². The van der Waals surface area contributed by atoms with Crippen molar-refractivity contribution in [3.63, 3.8) is 0 Å². The van der Waals surface area contributed by atoms with Crippen LogP contribution in [-0.2, 0) is 6.54 Å². The number of nitrogens with zero attached hydrogens (tertiary/aromatic N) is 4. The van der Waals surface area contributed by atoms with Crippen LogP contribution < -0.4 is 15.0 Å². The first-order valence-corrected chi connectivity index (χ1v) is 13.9. The van der Waals surface area contributed by atoms with Crippen molar-refractivity contribution in [2.75, 3.05) is 37.7 Å². The van der Waals surface area contributed by atoms with Crippen molar-refractivity contribution < 1.29 is 19.0 Å². The van der Waals surface area contributed by atoms with Crippen molar-refractivity contribution in [1.82, 2.24) is 25.4 Å². The van der Waals surface area contributed by atoms with Crippen LogP contribution in [0.2, 0.25) is 0 Å². The number of aliphatic hydroxyl groups excluding tert-OH is 1. The number of anilines is 1. The van der Waals surface area contributed by atoms with Crippen molar-refractivity contribution >= 4 is 22.6 Å². The lowest BCUT2D eigenvalue weighted by Gasteiger charge is -2.34. The minimum Gasteiger partial charge on any atom is -0.493 e. The molecule has 2 aromatic carbocycles. The highest BCUT2D eigenvalue weighted by Gasteiger charge is 2.24. The van der Waals surface area contributed by atoms with Crippen LogP contribution >= 0.6 is 0 Å². The largest absolute Gasteiger partial charge is 0.493 e. The van der Waals surface area contributed by atoms with E-state index in [1.54, 1.807) is 23.2 Å². The van der Waals surface area contributed by atoms with Gasteiger partial charge in [-0.1, -0.05) is 12.1 Å². The van der Waals surface area contributed by atoms with Gasteiger partial charge in [-0.3, -0.25) is 10.1 Å². The normalized spacial score (nSPS) is 16.3. The molecule has 208 valence electrons. The fraction of sp³-hybridized carbons (Fsp3) is 0.367. The molecule has 4 heterocycles. The number of halogens is 1. The molecule has 2 aliphatic heterocycles. The molecule has 1 fully saturated rings. The average Bonchev–Trinajstić information content (AvgIpc) is 3.38. The molecule has 9 nitrogen and oxygen atoms in total. The Bertz CT molecular complexity index is 1530. The molecule has 10 heteroatoms. The predicted octanol–water partition coefficient (Wildman–Crippen LogP) is 4.71. The molecule has 0 unspecified atom stereocenters. The first-order valence-electron chi connectivity index (χ1n) is 13.9. The van der Waals surface area contributed by atoms with Gasteiger partial charge in [-0.15, -0.1) is 0 Å². The zero-order valence-electron chi connectivity index (χ0n) is 22.5. The van der Waals surface area contributed by atoms with Gasteiger partial charge in [0.25, 0.3) is 0 Å². The average molecular weight is 545 g/mol. The number of piperidine rings is 1. The van der Waals surface area contributed by atoms with E-state index >= 15 is 4.39 Å². The Balaban J connectivity index is 1.50. The number of hydrogen-bond donors (Lipinski definition) is 3. The smallest absolute Gasteiger partial charge is 0.317 e. The van der Waals surface area contributed by atoms with E-state index in [2.05, 4.69) is 37.5 Å². The Morgan fingerprint density at radius 1 is 1.20 bits per heavy atom. The van der Waals surface area contributed by atoms with Crippen LogP contribution in [-0.4, -0.2) is 70.1 Å². The van der Waals surface area contributed by atoms with Crippen molar-refractivity contribution in [2.24, 2.45) is 0 Å². The van der Waals surface area contributed by atoms with Gasteiger partial charge in [0.05, 0.1) is 35.7 Å². The minimum atomic E-state index is -0.416. The highest BCUT2D eigenvalue weighted by Crippen LogP contribution is 2.37. The Hall–Kier alpha value is -4.18. The summed E-state index contributed by atoms with van der Waals surface area (Å²) in [5.41, 5.74) is 5.15. The maximum Gasteiger partial charge on any atom is 0.317 e. The topological polar surface area (TPSA) is 107 Å². The lowest BCUT2D eigenvalue weighted by Crippen LogP contribution is -2.41. The number of aliphatic hydroxyl groups is 1. The number of rotatable bonds is 2. The number of H-pyrrole nitrogens is 1. The van der Waals surface area contributed by atoms with E-state index in [1.165, 1.54) is 6.07 Å². The zero-order valence-corrected chi connectivity index (χ0v) is 22.5. The summed E-state index contributed by atoms with van der Waals surface area (Å²) in [6, 6.07) is 12.7. The molecule has 0 radical (unpaired) electrons. The summed E-state index contributed by atoms with van der Waals surface area (Å²) in [5.74, 6) is -0.00703. The van der Waals surface area contributed by atoms with Crippen LogP contribution in [0.3, 0.4) is 0 Å². The first-order chi connectivity index (χ1) is 19.5. The van der Waals surface area contributed by atoms with Crippen LogP contribution in [0.15, 0.2) is 48.7 Å². The molecule has 1 saturated heterocycles. The van der Waals surface area contributed by atoms with E-state index in [0.717, 1.165) is 46.5 Å². The number of nitrogens with one attached hydrogen (secondary N) is 2. The van der Waals surface area contributed by atoms with Crippen molar-refractivity contribution in [2.45, 2.75) is 38.8 Å². The predicted molar refractivity (Wildman–Crippen MR) is 152 cm³/mol. The lowest BCUT2D eigenvalue weighted by molar-refractivity contribution is 0.145. The fourth-order valence-electron chi connectivity index (χ4n) is 5.58. The van der Waals surface area contributed by atoms with E-state index in [4.69, 9.17) is 4.74 Å². The molecule has 4 bridgehead atoms. The molecule has 6 rings (SSSR count). The summed E-state index contributed by atoms with van der Waals surface area (Å²) >= 11 is 0. The van der Waals surface area contributed by atoms with Crippen molar-refractivity contribution in [1.29, 1.82) is 0 Å². The molecular formula is C30H33FN6O3. The zero-order chi connectivity index (χ0) is 27.6. The highest BCUT2D eigenvalue weighted by molar-refractivity contribution is 5.95. The number of ether oxygens (including phenoxy) is 1. The summed E-state index contributed by atoms with van der Waals surface area (Å²) in [4.78, 5) is 21.7. The van der Waals surface area contributed by atoms with Crippen LogP contribution in [0.25, 0.3) is 33.4 Å². The fourth-order valence-corrected chi connectivity index (χ4v) is 5.58. The van der Waals surface area contributed by atoms with Gasteiger partial charge in [0.2, 0.25) is 0 Å². The molecule has 0 saturated carbocycles. The third-order valence-corrected chi connectivity index (χ3v) is 7.64. The summed E-state index contributed by atoms with van der Waals surface area (Å²) < 4.78 is 21.2. The number of carbonyl (C=O) groups is 1. The second-order valence-electron chi connectivity index (χ2n) is 10.3. The number of benzene rings is 2. The summed E-state index contributed by atoms with van der Waals surface area (Å²) in [7, 11) is 0. The number of fused-ring (bicyclic) bond motifs is 6. The molecule has 2 amide bonds. The third-order valence-electron chi connectivity index (χ3n) is 7.64. The number of amides is 2. The van der Waals surface area contributed by atoms with E-state index in [-0.39, 0.29) is 12.1 Å². The first kappa shape index (κ1) is 26.1. The van der Waals surface area contributed by atoms with Gasteiger partial charge in [-0.25, -0.2) is 9.18 Å². The number of carbonyl (C=O) groups excluding carboxylic acids is 1. The Morgan fingerprint density at radius 2 is 2.05 bits per heavy atom. The Kier molecular flexibility index (Phi) is 7.25. The standard InChI is InChI=1S/C30H33FN6O3/c1-2-32-30(39)37-11-4-14-40-27-6-3-5-23(31)28(27)24-16-22-25(17-33-24)34-35-29(22)19-7-8-26(20(15-19)18-37)36-12-9-21(38)10-13-36/h3,5-8,15-17,21,38H,2,4,9-14,18H2,1H3,(H,32,39)(H,34,35). The van der Waals surface area contributed by atoms with Crippen LogP contribution in [0, 0.1) is 5.82 Å². The number of aromatic nitrogens is 3. The van der Waals surface area contributed by atoms with E-state index in [1.807, 2.05) is 19.1 Å². The van der Waals surface area contributed by atoms with Gasteiger partial charge in [-0.2, -0.15) is 5.10 Å². The monoisotopic (exact) mass is 544 g/mol. The summed E-state index contributed by atoms with van der Waals surface area (Å²) in [6.07, 6.45) is 3.35. The number of hydrogen-bond acceptors (Lipinski definition) is 6. The number of pyridine rings is 1. The second-order valence-corrected chi connectivity index (χ2v) is 10.3. The molecule has 2 aromatic heterocycles. The van der Waals surface area contributed by atoms with Gasteiger partial charge in [0.1, 0.15) is 17.3 Å². The number of aromatic amines is 1. The number of urea groups is 1. The maximum absolute atomic E-state index is 15.1. The molecule has 3 N–H and O–H groups in total. The minimum absolute atomic E-state index is 0.151. The van der Waals surface area contributed by atoms with Gasteiger partial charge >= 0.3 is 6.03 Å². The van der Waals surface area contributed by atoms with Crippen LogP contribution in [0.4, 0.5) is 14.9 Å². The van der Waals surface area contributed by atoms with E-state index in [9.17, 15) is 9.90 Å². The summed E-state index contributed by atoms with van der Waals surface area (Å²) in [6.45, 7) is 5.06. The van der Waals surface area contributed by atoms with Gasteiger partial charge < -0.3 is 25.0 Å². The van der Waals surface area contributed by atoms with Crippen molar-refractivity contribution in [3.8, 4) is 28.3 Å².